The van der Waals surface area contributed by atoms with Gasteiger partial charge in [-0.3, -0.25) is 0 Å². The summed E-state index contributed by atoms with van der Waals surface area (Å²) in [6, 6.07) is 16.4. The molecule has 0 radical (unpaired) electrons. The Hall–Kier alpha value is -4.40. The smallest absolute Gasteiger partial charge is 0.410 e. The van der Waals surface area contributed by atoms with Crippen molar-refractivity contribution in [3.05, 3.63) is 71.8 Å². The molecule has 0 N–H and O–H groups in total. The lowest BCUT2D eigenvalue weighted by Crippen LogP contribution is -2.35. The maximum Gasteiger partial charge on any atom is 0.410 e. The number of hydrogen-bond acceptors (Lipinski definition) is 6. The van der Waals surface area contributed by atoms with Gasteiger partial charge in [-0.1, -0.05) is 60.7 Å². The van der Waals surface area contributed by atoms with Gasteiger partial charge in [-0.25, -0.2) is 9.59 Å². The molecule has 3 aromatic rings. The number of carbonyl (C=O) groups is 2. The second-order valence-corrected chi connectivity index (χ2v) is 12.7. The minimum Gasteiger partial charge on any atom is -0.444 e. The van der Waals surface area contributed by atoms with Crippen LogP contribution in [0.3, 0.4) is 0 Å². The van der Waals surface area contributed by atoms with Crippen LogP contribution < -0.4 is 0 Å². The summed E-state index contributed by atoms with van der Waals surface area (Å²) in [6.45, 7) is 13.4. The summed E-state index contributed by atoms with van der Waals surface area (Å²) in [5.74, 6) is 1.53. The molecule has 0 fully saturated rings. The van der Waals surface area contributed by atoms with Crippen LogP contribution in [0.1, 0.15) is 52.7 Å². The van der Waals surface area contributed by atoms with Crippen LogP contribution in [0.4, 0.5) is 9.59 Å². The van der Waals surface area contributed by atoms with Crippen molar-refractivity contribution in [3.8, 4) is 22.8 Å². The van der Waals surface area contributed by atoms with E-state index in [1.165, 1.54) is 0 Å². The van der Waals surface area contributed by atoms with Gasteiger partial charge in [-0.2, -0.15) is 0 Å². The Labute approximate surface area is 247 Å². The van der Waals surface area contributed by atoms with E-state index in [0.29, 0.717) is 26.2 Å². The summed E-state index contributed by atoms with van der Waals surface area (Å²) in [7, 11) is 1.96. The van der Waals surface area contributed by atoms with Gasteiger partial charge in [0.25, 0.3) is 0 Å². The van der Waals surface area contributed by atoms with Crippen molar-refractivity contribution in [3.63, 3.8) is 0 Å². The van der Waals surface area contributed by atoms with Gasteiger partial charge in [-0.15, -0.1) is 10.2 Å². The number of amides is 2. The van der Waals surface area contributed by atoms with E-state index in [1.807, 2.05) is 77.4 Å². The van der Waals surface area contributed by atoms with Crippen molar-refractivity contribution in [2.75, 3.05) is 26.2 Å². The molecule has 0 unspecified atom stereocenters. The van der Waals surface area contributed by atoms with Crippen LogP contribution in [0.5, 0.6) is 0 Å². The highest BCUT2D eigenvalue weighted by Crippen LogP contribution is 2.29. The van der Waals surface area contributed by atoms with Crippen LogP contribution in [0.25, 0.3) is 33.9 Å². The number of rotatable bonds is 4. The van der Waals surface area contributed by atoms with E-state index < -0.39 is 11.2 Å². The largest absolute Gasteiger partial charge is 0.444 e. The molecule has 9 heteroatoms. The third-order valence-corrected chi connectivity index (χ3v) is 7.04. The van der Waals surface area contributed by atoms with Gasteiger partial charge in [0.2, 0.25) is 0 Å². The maximum atomic E-state index is 12.4. The zero-order valence-corrected chi connectivity index (χ0v) is 25.5. The zero-order chi connectivity index (χ0) is 30.2. The fraction of sp³-hybridized carbons (Fsp3) is 0.394. The van der Waals surface area contributed by atoms with Crippen LogP contribution in [0, 0.1) is 0 Å². The SMILES string of the molecule is Cn1c(-c2ccc(C3=CCN(C(=O)OC(C)(C)C)C3)cc2)nnc1-c1ccc(C2=CCN(C(=O)OC(C)(C)C)C2)cc1. The van der Waals surface area contributed by atoms with Crippen LogP contribution in [-0.2, 0) is 16.5 Å². The summed E-state index contributed by atoms with van der Waals surface area (Å²) in [6.07, 6.45) is 3.54. The molecule has 2 aromatic carbocycles. The number of benzene rings is 2. The first-order chi connectivity index (χ1) is 19.8. The Morgan fingerprint density at radius 1 is 0.619 bits per heavy atom. The first kappa shape index (κ1) is 29.1. The van der Waals surface area contributed by atoms with Gasteiger partial charge >= 0.3 is 12.2 Å². The van der Waals surface area contributed by atoms with E-state index in [0.717, 1.165) is 45.0 Å². The molecule has 9 nitrogen and oxygen atoms in total. The topological polar surface area (TPSA) is 89.8 Å². The summed E-state index contributed by atoms with van der Waals surface area (Å²) >= 11 is 0. The van der Waals surface area contributed by atoms with Crippen molar-refractivity contribution in [2.24, 2.45) is 7.05 Å². The quantitative estimate of drug-likeness (QED) is 0.360. The highest BCUT2D eigenvalue weighted by atomic mass is 16.6. The predicted molar refractivity (Wildman–Crippen MR) is 163 cm³/mol. The Morgan fingerprint density at radius 3 is 1.29 bits per heavy atom. The van der Waals surface area contributed by atoms with E-state index in [1.54, 1.807) is 9.80 Å². The second kappa shape index (κ2) is 11.1. The Kier molecular flexibility index (Phi) is 7.70. The highest BCUT2D eigenvalue weighted by molar-refractivity contribution is 5.79. The standard InChI is InChI=1S/C33H39N5O4/c1-32(2,3)41-30(39)37-18-16-26(20-37)22-8-12-24(13-9-22)28-34-35-29(36(28)7)25-14-10-23(11-15-25)27-17-19-38(21-27)31(40)42-33(4,5)6/h8-17H,18-21H2,1-7H3. The number of hydrogen-bond donors (Lipinski definition) is 0. The normalized spacial score (nSPS) is 15.5. The second-order valence-electron chi connectivity index (χ2n) is 12.7. The summed E-state index contributed by atoms with van der Waals surface area (Å²) < 4.78 is 13.0. The summed E-state index contributed by atoms with van der Waals surface area (Å²) in [5.41, 5.74) is 5.20. The molecular weight excluding hydrogens is 530 g/mol. The van der Waals surface area contributed by atoms with Gasteiger partial charge in [0.1, 0.15) is 11.2 Å². The highest BCUT2D eigenvalue weighted by Gasteiger charge is 2.27. The van der Waals surface area contributed by atoms with Gasteiger partial charge in [-0.05, 0) is 63.8 Å². The zero-order valence-electron chi connectivity index (χ0n) is 25.5. The fourth-order valence-electron chi connectivity index (χ4n) is 4.96. The number of carbonyl (C=O) groups excluding carboxylic acids is 2. The van der Waals surface area contributed by atoms with E-state index >= 15 is 0 Å². The third kappa shape index (κ3) is 6.56. The molecule has 5 rings (SSSR count). The van der Waals surface area contributed by atoms with Crippen LogP contribution in [-0.4, -0.2) is 74.1 Å². The lowest BCUT2D eigenvalue weighted by Gasteiger charge is -2.24. The van der Waals surface area contributed by atoms with Gasteiger partial charge in [0, 0.05) is 44.4 Å². The fourth-order valence-corrected chi connectivity index (χ4v) is 4.96. The van der Waals surface area contributed by atoms with E-state index in [9.17, 15) is 9.59 Å². The summed E-state index contributed by atoms with van der Waals surface area (Å²) in [4.78, 5) is 28.3. The minimum atomic E-state index is -0.517. The van der Waals surface area contributed by atoms with Crippen molar-refractivity contribution in [1.82, 2.24) is 24.6 Å². The average molecular weight is 570 g/mol. The van der Waals surface area contributed by atoms with Crippen LogP contribution in [0.15, 0.2) is 60.7 Å². The van der Waals surface area contributed by atoms with Gasteiger partial charge < -0.3 is 23.8 Å². The maximum absolute atomic E-state index is 12.4. The molecule has 0 bridgehead atoms. The molecule has 0 spiro atoms. The Morgan fingerprint density at radius 2 is 0.952 bits per heavy atom. The number of aromatic nitrogens is 3. The van der Waals surface area contributed by atoms with E-state index in [2.05, 4.69) is 46.6 Å². The lowest BCUT2D eigenvalue weighted by molar-refractivity contribution is 0.0295. The molecule has 0 saturated carbocycles. The van der Waals surface area contributed by atoms with Crippen LogP contribution >= 0.6 is 0 Å². The number of ether oxygens (including phenoxy) is 2. The first-order valence-corrected chi connectivity index (χ1v) is 14.2. The number of nitrogens with zero attached hydrogens (tertiary/aromatic N) is 5. The van der Waals surface area contributed by atoms with Gasteiger partial charge in [0.15, 0.2) is 11.6 Å². The van der Waals surface area contributed by atoms with Crippen LogP contribution in [0.2, 0.25) is 0 Å². The molecule has 2 aliphatic rings. The molecule has 0 saturated heterocycles. The van der Waals surface area contributed by atoms with Crippen molar-refractivity contribution >= 4 is 23.3 Å². The predicted octanol–water partition coefficient (Wildman–Crippen LogP) is 6.42. The molecule has 1 aromatic heterocycles. The van der Waals surface area contributed by atoms with Crippen molar-refractivity contribution < 1.29 is 19.1 Å². The Balaban J connectivity index is 1.23. The molecule has 0 aliphatic carbocycles. The van der Waals surface area contributed by atoms with E-state index in [4.69, 9.17) is 9.47 Å². The molecule has 0 atom stereocenters. The monoisotopic (exact) mass is 569 g/mol. The lowest BCUT2D eigenvalue weighted by atomic mass is 10.0. The van der Waals surface area contributed by atoms with Gasteiger partial charge in [0.05, 0.1) is 0 Å². The van der Waals surface area contributed by atoms with E-state index in [-0.39, 0.29) is 12.2 Å². The van der Waals surface area contributed by atoms with Crippen molar-refractivity contribution in [1.29, 1.82) is 0 Å². The third-order valence-electron chi connectivity index (χ3n) is 7.04. The first-order valence-electron chi connectivity index (χ1n) is 14.2. The molecule has 220 valence electrons. The average Bonchev–Trinajstić information content (AvgIpc) is 3.67. The molecule has 42 heavy (non-hydrogen) atoms. The van der Waals surface area contributed by atoms with Crippen molar-refractivity contribution in [2.45, 2.75) is 52.7 Å². The summed E-state index contributed by atoms with van der Waals surface area (Å²) in [5, 5.41) is 8.95. The molecular formula is C33H39N5O4. The molecule has 3 heterocycles. The minimum absolute atomic E-state index is 0.298. The molecule has 2 amide bonds. The Bertz CT molecular complexity index is 1420. The molecule has 2 aliphatic heterocycles.